The Bertz CT molecular complexity index is 1160. The van der Waals surface area contributed by atoms with Gasteiger partial charge >= 0.3 is 0 Å². The number of rotatable bonds is 6. The lowest BCUT2D eigenvalue weighted by Crippen LogP contribution is -2.29. The quantitative estimate of drug-likeness (QED) is 0.496. The first kappa shape index (κ1) is 19.0. The van der Waals surface area contributed by atoms with Crippen LogP contribution >= 0.6 is 11.3 Å². The van der Waals surface area contributed by atoms with E-state index in [2.05, 4.69) is 68.3 Å². The fourth-order valence-corrected chi connectivity index (χ4v) is 5.08. The van der Waals surface area contributed by atoms with Gasteiger partial charge in [0.15, 0.2) is 5.13 Å². The molecule has 2 aromatic carbocycles. The number of fused-ring (bicyclic) bond motifs is 2. The number of hydrogen-bond donors (Lipinski definition) is 1. The Labute approximate surface area is 180 Å². The molecule has 0 atom stereocenters. The van der Waals surface area contributed by atoms with Crippen LogP contribution in [-0.4, -0.2) is 26.9 Å². The minimum atomic E-state index is 0.0139. The predicted octanol–water partition coefficient (Wildman–Crippen LogP) is 4.68. The SMILES string of the molecule is O=C(CCn1ccc2ccccc21)Nc1nc2c(s1)CN(Cc1ccccc1)CC2. The van der Waals surface area contributed by atoms with Gasteiger partial charge in [-0.2, -0.15) is 0 Å². The Morgan fingerprint density at radius 1 is 1.07 bits per heavy atom. The summed E-state index contributed by atoms with van der Waals surface area (Å²) >= 11 is 1.61. The number of carbonyl (C=O) groups is 1. The van der Waals surface area contributed by atoms with Crippen LogP contribution in [0.2, 0.25) is 0 Å². The summed E-state index contributed by atoms with van der Waals surface area (Å²) in [7, 11) is 0. The van der Waals surface area contributed by atoms with E-state index in [9.17, 15) is 4.79 Å². The Hall–Kier alpha value is -2.96. The summed E-state index contributed by atoms with van der Waals surface area (Å²) in [5.74, 6) is 0.0139. The summed E-state index contributed by atoms with van der Waals surface area (Å²) in [5, 5.41) is 4.94. The Morgan fingerprint density at radius 3 is 2.80 bits per heavy atom. The van der Waals surface area contributed by atoms with Crippen LogP contribution < -0.4 is 5.32 Å². The summed E-state index contributed by atoms with van der Waals surface area (Å²) < 4.78 is 2.13. The van der Waals surface area contributed by atoms with Crippen LogP contribution in [0.4, 0.5) is 5.13 Å². The number of nitrogens with one attached hydrogen (secondary N) is 1. The van der Waals surface area contributed by atoms with E-state index >= 15 is 0 Å². The lowest BCUT2D eigenvalue weighted by atomic mass is 10.1. The fourth-order valence-electron chi connectivity index (χ4n) is 4.02. The van der Waals surface area contributed by atoms with Crippen LogP contribution in [0.5, 0.6) is 0 Å². The minimum Gasteiger partial charge on any atom is -0.347 e. The molecule has 0 unspecified atom stereocenters. The third-order valence-corrected chi connectivity index (χ3v) is 6.56. The zero-order valence-corrected chi connectivity index (χ0v) is 17.6. The van der Waals surface area contributed by atoms with Gasteiger partial charge in [-0.25, -0.2) is 4.98 Å². The first-order chi connectivity index (χ1) is 14.7. The molecule has 0 fully saturated rings. The maximum absolute atomic E-state index is 12.5. The molecular formula is C24H24N4OS. The number of anilines is 1. The number of para-hydroxylation sites is 1. The molecule has 1 N–H and O–H groups in total. The molecule has 0 aliphatic carbocycles. The first-order valence-electron chi connectivity index (χ1n) is 10.3. The largest absolute Gasteiger partial charge is 0.347 e. The highest BCUT2D eigenvalue weighted by Gasteiger charge is 2.21. The minimum absolute atomic E-state index is 0.0139. The molecule has 4 aromatic rings. The average molecular weight is 417 g/mol. The Kier molecular flexibility index (Phi) is 5.34. The van der Waals surface area contributed by atoms with Crippen molar-refractivity contribution in [2.24, 2.45) is 0 Å². The van der Waals surface area contributed by atoms with Crippen LogP contribution in [0.25, 0.3) is 10.9 Å². The number of hydrogen-bond acceptors (Lipinski definition) is 4. The van der Waals surface area contributed by atoms with Gasteiger partial charge in [0.2, 0.25) is 5.91 Å². The maximum Gasteiger partial charge on any atom is 0.227 e. The van der Waals surface area contributed by atoms with Crippen molar-refractivity contribution >= 4 is 33.3 Å². The molecule has 0 saturated carbocycles. The van der Waals surface area contributed by atoms with Gasteiger partial charge in [0.1, 0.15) is 0 Å². The van der Waals surface area contributed by atoms with Crippen LogP contribution in [0, 0.1) is 0 Å². The monoisotopic (exact) mass is 416 g/mol. The lowest BCUT2D eigenvalue weighted by Gasteiger charge is -2.25. The van der Waals surface area contributed by atoms with E-state index in [0.29, 0.717) is 13.0 Å². The molecule has 0 bridgehead atoms. The van der Waals surface area contributed by atoms with Crippen LogP contribution in [0.1, 0.15) is 22.6 Å². The van der Waals surface area contributed by atoms with Crippen molar-refractivity contribution in [1.82, 2.24) is 14.5 Å². The number of nitrogens with zero attached hydrogens (tertiary/aromatic N) is 3. The van der Waals surface area contributed by atoms with Crippen molar-refractivity contribution in [3.05, 3.63) is 83.0 Å². The van der Waals surface area contributed by atoms with Gasteiger partial charge < -0.3 is 9.88 Å². The third kappa shape index (κ3) is 4.15. The van der Waals surface area contributed by atoms with Gasteiger partial charge in [-0.15, -0.1) is 11.3 Å². The number of carbonyl (C=O) groups excluding carboxylic acids is 1. The molecule has 0 spiro atoms. The Balaban J connectivity index is 1.18. The van der Waals surface area contributed by atoms with Gasteiger partial charge in [-0.05, 0) is 23.1 Å². The predicted molar refractivity (Wildman–Crippen MR) is 122 cm³/mol. The fraction of sp³-hybridized carbons (Fsp3) is 0.250. The van der Waals surface area contributed by atoms with Crippen molar-refractivity contribution < 1.29 is 4.79 Å². The Morgan fingerprint density at radius 2 is 1.90 bits per heavy atom. The molecule has 5 nitrogen and oxygen atoms in total. The second-order valence-electron chi connectivity index (χ2n) is 7.70. The topological polar surface area (TPSA) is 50.2 Å². The molecule has 0 saturated heterocycles. The van der Waals surface area contributed by atoms with E-state index in [4.69, 9.17) is 0 Å². The number of amides is 1. The van der Waals surface area contributed by atoms with E-state index in [-0.39, 0.29) is 5.91 Å². The van der Waals surface area contributed by atoms with Gasteiger partial charge in [-0.3, -0.25) is 9.69 Å². The normalized spacial score (nSPS) is 14.0. The van der Waals surface area contributed by atoms with Crippen molar-refractivity contribution in [2.75, 3.05) is 11.9 Å². The summed E-state index contributed by atoms with van der Waals surface area (Å²) in [5.41, 5.74) is 3.63. The van der Waals surface area contributed by atoms with Crippen LogP contribution in [-0.2, 0) is 30.8 Å². The highest BCUT2D eigenvalue weighted by Crippen LogP contribution is 2.29. The smallest absolute Gasteiger partial charge is 0.227 e. The highest BCUT2D eigenvalue weighted by molar-refractivity contribution is 7.15. The standard InChI is InChI=1S/C24H24N4OS/c29-23(12-15-28-14-10-19-8-4-5-9-21(19)28)26-24-25-20-11-13-27(17-22(20)30-24)16-18-6-2-1-3-7-18/h1-10,14H,11-13,15-17H2,(H,25,26,29). The lowest BCUT2D eigenvalue weighted by molar-refractivity contribution is -0.116. The van der Waals surface area contributed by atoms with E-state index < -0.39 is 0 Å². The van der Waals surface area contributed by atoms with Crippen molar-refractivity contribution in [3.8, 4) is 0 Å². The van der Waals surface area contributed by atoms with E-state index in [1.54, 1.807) is 11.3 Å². The van der Waals surface area contributed by atoms with E-state index in [1.807, 2.05) is 18.3 Å². The second kappa shape index (κ2) is 8.42. The zero-order valence-electron chi connectivity index (χ0n) is 16.8. The molecule has 30 heavy (non-hydrogen) atoms. The summed E-state index contributed by atoms with van der Waals surface area (Å²) in [6, 6.07) is 20.9. The summed E-state index contributed by atoms with van der Waals surface area (Å²) in [4.78, 5) is 20.9. The molecule has 1 aliphatic rings. The number of aryl methyl sites for hydroxylation is 1. The van der Waals surface area contributed by atoms with Crippen molar-refractivity contribution in [3.63, 3.8) is 0 Å². The van der Waals surface area contributed by atoms with Crippen molar-refractivity contribution in [2.45, 2.75) is 32.5 Å². The summed E-state index contributed by atoms with van der Waals surface area (Å²) in [6.07, 6.45) is 3.41. The molecule has 3 heterocycles. The molecule has 1 amide bonds. The molecule has 1 aliphatic heterocycles. The third-order valence-electron chi connectivity index (χ3n) is 5.57. The number of benzene rings is 2. The van der Waals surface area contributed by atoms with Crippen LogP contribution in [0.3, 0.4) is 0 Å². The molecule has 2 aromatic heterocycles. The molecule has 152 valence electrons. The first-order valence-corrected chi connectivity index (χ1v) is 11.1. The molecule has 6 heteroatoms. The number of thiazole rings is 1. The molecular weight excluding hydrogens is 392 g/mol. The summed E-state index contributed by atoms with van der Waals surface area (Å²) in [6.45, 7) is 3.51. The number of aromatic nitrogens is 2. The van der Waals surface area contributed by atoms with Crippen molar-refractivity contribution in [1.29, 1.82) is 0 Å². The highest BCUT2D eigenvalue weighted by atomic mass is 32.1. The van der Waals surface area contributed by atoms with Gasteiger partial charge in [0.05, 0.1) is 5.69 Å². The van der Waals surface area contributed by atoms with Gasteiger partial charge in [0, 0.05) is 55.6 Å². The average Bonchev–Trinajstić information content (AvgIpc) is 3.36. The van der Waals surface area contributed by atoms with Gasteiger partial charge in [-0.1, -0.05) is 48.5 Å². The van der Waals surface area contributed by atoms with E-state index in [1.165, 1.54) is 15.8 Å². The maximum atomic E-state index is 12.5. The zero-order chi connectivity index (χ0) is 20.3. The molecule has 5 rings (SSSR count). The van der Waals surface area contributed by atoms with E-state index in [0.717, 1.165) is 42.4 Å². The molecule has 0 radical (unpaired) electrons. The van der Waals surface area contributed by atoms with Gasteiger partial charge in [0.25, 0.3) is 0 Å². The van der Waals surface area contributed by atoms with Crippen LogP contribution in [0.15, 0.2) is 66.9 Å². The second-order valence-corrected chi connectivity index (χ2v) is 8.78.